The third-order valence-electron chi connectivity index (χ3n) is 5.91. The van der Waals surface area contributed by atoms with Gasteiger partial charge in [0, 0.05) is 5.92 Å². The standard InChI is InChI=1S/C23H37NO4/c1-2-3-7-19(14-18-8-5-4-6-9-18)16-27-22-12-10-20(11-13-22)21(17-28-24)15-23(25)26/h10-13,18-19,21H,2-9,14-17,24H2,1H3,(H,25,26). The quantitative estimate of drug-likeness (QED) is 0.446. The molecule has 5 heteroatoms. The maximum absolute atomic E-state index is 11.0. The average molecular weight is 392 g/mol. The van der Waals surface area contributed by atoms with Gasteiger partial charge in [0.1, 0.15) is 5.75 Å². The van der Waals surface area contributed by atoms with Crippen LogP contribution in [0.15, 0.2) is 24.3 Å². The van der Waals surface area contributed by atoms with Gasteiger partial charge in [-0.15, -0.1) is 0 Å². The zero-order valence-corrected chi connectivity index (χ0v) is 17.3. The van der Waals surface area contributed by atoms with Crippen LogP contribution in [0.3, 0.4) is 0 Å². The molecule has 0 amide bonds. The first-order valence-electron chi connectivity index (χ1n) is 10.9. The number of benzene rings is 1. The van der Waals surface area contributed by atoms with E-state index in [1.807, 2.05) is 24.3 Å². The SMILES string of the molecule is CCCCC(COc1ccc(C(CON)CC(=O)O)cc1)CC1CCCCC1. The van der Waals surface area contributed by atoms with Crippen LogP contribution in [0.1, 0.15) is 82.6 Å². The Labute approximate surface area is 169 Å². The lowest BCUT2D eigenvalue weighted by Crippen LogP contribution is -2.18. The summed E-state index contributed by atoms with van der Waals surface area (Å²) in [7, 11) is 0. The predicted octanol–water partition coefficient (Wildman–Crippen LogP) is 5.29. The molecule has 5 nitrogen and oxygen atoms in total. The molecule has 0 aromatic heterocycles. The Morgan fingerprint density at radius 1 is 1.18 bits per heavy atom. The van der Waals surface area contributed by atoms with Crippen LogP contribution >= 0.6 is 0 Å². The van der Waals surface area contributed by atoms with Gasteiger partial charge < -0.3 is 14.7 Å². The average Bonchev–Trinajstić information content (AvgIpc) is 2.70. The smallest absolute Gasteiger partial charge is 0.304 e. The van der Waals surface area contributed by atoms with Gasteiger partial charge in [-0.25, -0.2) is 5.90 Å². The first-order valence-corrected chi connectivity index (χ1v) is 10.9. The third-order valence-corrected chi connectivity index (χ3v) is 5.91. The molecule has 1 fully saturated rings. The Balaban J connectivity index is 1.89. The van der Waals surface area contributed by atoms with Crippen LogP contribution in [0.2, 0.25) is 0 Å². The van der Waals surface area contributed by atoms with Crippen molar-refractivity contribution in [2.24, 2.45) is 17.7 Å². The summed E-state index contributed by atoms with van der Waals surface area (Å²) in [6.07, 6.45) is 11.9. The molecule has 0 bridgehead atoms. The lowest BCUT2D eigenvalue weighted by molar-refractivity contribution is -0.137. The van der Waals surface area contributed by atoms with Gasteiger partial charge in [0.05, 0.1) is 19.6 Å². The van der Waals surface area contributed by atoms with Crippen LogP contribution < -0.4 is 10.6 Å². The molecule has 2 rings (SSSR count). The van der Waals surface area contributed by atoms with Crippen LogP contribution in [-0.2, 0) is 9.63 Å². The second-order valence-corrected chi connectivity index (χ2v) is 8.26. The van der Waals surface area contributed by atoms with E-state index in [-0.39, 0.29) is 18.9 Å². The fourth-order valence-corrected chi connectivity index (χ4v) is 4.31. The van der Waals surface area contributed by atoms with Crippen molar-refractivity contribution in [1.82, 2.24) is 0 Å². The van der Waals surface area contributed by atoms with Crippen molar-refractivity contribution in [1.29, 1.82) is 0 Å². The normalized spacial score (nSPS) is 17.2. The summed E-state index contributed by atoms with van der Waals surface area (Å²) in [5, 5.41) is 9.06. The molecular formula is C23H37NO4. The summed E-state index contributed by atoms with van der Waals surface area (Å²) in [6, 6.07) is 7.70. The Bertz CT molecular complexity index is 554. The van der Waals surface area contributed by atoms with E-state index in [1.165, 1.54) is 57.8 Å². The number of aliphatic carboxylic acids is 1. The van der Waals surface area contributed by atoms with Crippen LogP contribution in [0.5, 0.6) is 5.75 Å². The van der Waals surface area contributed by atoms with Crippen LogP contribution in [-0.4, -0.2) is 24.3 Å². The summed E-state index contributed by atoms with van der Waals surface area (Å²) in [6.45, 7) is 3.20. The highest BCUT2D eigenvalue weighted by molar-refractivity contribution is 5.68. The van der Waals surface area contributed by atoms with E-state index in [1.54, 1.807) is 0 Å². The molecule has 0 heterocycles. The number of carboxylic acid groups (broad SMARTS) is 1. The lowest BCUT2D eigenvalue weighted by atomic mass is 9.81. The van der Waals surface area contributed by atoms with Crippen LogP contribution in [0, 0.1) is 11.8 Å². The lowest BCUT2D eigenvalue weighted by Gasteiger charge is -2.26. The van der Waals surface area contributed by atoms with Crippen molar-refractivity contribution < 1.29 is 19.5 Å². The van der Waals surface area contributed by atoms with Crippen molar-refractivity contribution in [2.45, 2.75) is 77.0 Å². The van der Waals surface area contributed by atoms with Gasteiger partial charge in [-0.3, -0.25) is 4.79 Å². The molecule has 2 unspecified atom stereocenters. The molecule has 0 saturated heterocycles. The minimum atomic E-state index is -0.858. The second kappa shape index (κ2) is 12.8. The van der Waals surface area contributed by atoms with Gasteiger partial charge in [-0.1, -0.05) is 64.0 Å². The van der Waals surface area contributed by atoms with E-state index >= 15 is 0 Å². The summed E-state index contributed by atoms with van der Waals surface area (Å²) in [5.41, 5.74) is 0.907. The van der Waals surface area contributed by atoms with Crippen molar-refractivity contribution in [3.63, 3.8) is 0 Å². The Kier molecular flexibility index (Phi) is 10.4. The summed E-state index contributed by atoms with van der Waals surface area (Å²) in [4.78, 5) is 15.7. The zero-order chi connectivity index (χ0) is 20.2. The van der Waals surface area contributed by atoms with Crippen LogP contribution in [0.25, 0.3) is 0 Å². The van der Waals surface area contributed by atoms with E-state index in [9.17, 15) is 4.79 Å². The van der Waals surface area contributed by atoms with E-state index < -0.39 is 5.97 Å². The minimum Gasteiger partial charge on any atom is -0.493 e. The number of ether oxygens (including phenoxy) is 1. The summed E-state index contributed by atoms with van der Waals surface area (Å²) in [5.74, 6) is 6.38. The van der Waals surface area contributed by atoms with Crippen molar-refractivity contribution in [3.05, 3.63) is 29.8 Å². The second-order valence-electron chi connectivity index (χ2n) is 8.26. The number of carbonyl (C=O) groups is 1. The van der Waals surface area contributed by atoms with Crippen LogP contribution in [0.4, 0.5) is 0 Å². The first kappa shape index (κ1) is 22.7. The van der Waals surface area contributed by atoms with Gasteiger partial charge in [0.25, 0.3) is 0 Å². The molecule has 3 N–H and O–H groups in total. The number of nitrogens with two attached hydrogens (primary N) is 1. The molecule has 1 aliphatic carbocycles. The van der Waals surface area contributed by atoms with Crippen molar-refractivity contribution >= 4 is 5.97 Å². The number of rotatable bonds is 13. The maximum atomic E-state index is 11.0. The number of hydrogen-bond donors (Lipinski definition) is 2. The van der Waals surface area contributed by atoms with Gasteiger partial charge in [0.2, 0.25) is 0 Å². The topological polar surface area (TPSA) is 81.8 Å². The molecule has 0 spiro atoms. The third kappa shape index (κ3) is 8.19. The molecule has 1 aliphatic rings. The number of carboxylic acids is 1. The Morgan fingerprint density at radius 2 is 1.89 bits per heavy atom. The molecule has 158 valence electrons. The highest BCUT2D eigenvalue weighted by Gasteiger charge is 2.20. The molecular weight excluding hydrogens is 354 g/mol. The largest absolute Gasteiger partial charge is 0.493 e. The minimum absolute atomic E-state index is 0.00210. The molecule has 1 aromatic carbocycles. The van der Waals surface area contributed by atoms with E-state index in [0.717, 1.165) is 23.8 Å². The highest BCUT2D eigenvalue weighted by Crippen LogP contribution is 2.31. The van der Waals surface area contributed by atoms with Crippen molar-refractivity contribution in [2.75, 3.05) is 13.2 Å². The first-order chi connectivity index (χ1) is 13.6. The van der Waals surface area contributed by atoms with Gasteiger partial charge >= 0.3 is 5.97 Å². The van der Waals surface area contributed by atoms with E-state index in [0.29, 0.717) is 5.92 Å². The zero-order valence-electron chi connectivity index (χ0n) is 17.3. The molecule has 0 radical (unpaired) electrons. The van der Waals surface area contributed by atoms with E-state index in [4.69, 9.17) is 15.7 Å². The van der Waals surface area contributed by atoms with Gasteiger partial charge in [-0.05, 0) is 42.4 Å². The van der Waals surface area contributed by atoms with Gasteiger partial charge in [-0.2, -0.15) is 0 Å². The Hall–Kier alpha value is -1.59. The number of hydrogen-bond acceptors (Lipinski definition) is 4. The summed E-state index contributed by atoms with van der Waals surface area (Å²) >= 11 is 0. The van der Waals surface area contributed by atoms with Gasteiger partial charge in [0.15, 0.2) is 0 Å². The van der Waals surface area contributed by atoms with Crippen molar-refractivity contribution in [3.8, 4) is 5.75 Å². The number of unbranched alkanes of at least 4 members (excludes halogenated alkanes) is 1. The molecule has 28 heavy (non-hydrogen) atoms. The summed E-state index contributed by atoms with van der Waals surface area (Å²) < 4.78 is 6.11. The maximum Gasteiger partial charge on any atom is 0.304 e. The van der Waals surface area contributed by atoms with E-state index in [2.05, 4.69) is 11.8 Å². The highest BCUT2D eigenvalue weighted by atomic mass is 16.6. The fraction of sp³-hybridized carbons (Fsp3) is 0.696. The molecule has 0 aliphatic heterocycles. The molecule has 1 saturated carbocycles. The monoisotopic (exact) mass is 391 g/mol. The fourth-order valence-electron chi connectivity index (χ4n) is 4.31. The molecule has 2 atom stereocenters. The predicted molar refractivity (Wildman–Crippen MR) is 111 cm³/mol. The molecule has 1 aromatic rings. The Morgan fingerprint density at radius 3 is 2.50 bits per heavy atom.